The molecule has 0 bridgehead atoms. The largest absolute Gasteiger partial charge is 0.492 e. The van der Waals surface area contributed by atoms with Crippen molar-refractivity contribution >= 4 is 42.1 Å². The average Bonchev–Trinajstić information content (AvgIpc) is 3.37. The first kappa shape index (κ1) is 23.6. The first-order valence-electron chi connectivity index (χ1n) is 11.0. The maximum absolute atomic E-state index is 14.5. The van der Waals surface area contributed by atoms with Gasteiger partial charge >= 0.3 is 0 Å². The van der Waals surface area contributed by atoms with Gasteiger partial charge in [0, 0.05) is 37.3 Å². The van der Waals surface area contributed by atoms with Gasteiger partial charge in [-0.05, 0) is 24.7 Å². The molecule has 1 saturated heterocycles. The second-order valence-electron chi connectivity index (χ2n) is 9.08. The zero-order chi connectivity index (χ0) is 25.0. The topological polar surface area (TPSA) is 62.3 Å². The number of nitrogens with zero attached hydrogens (tertiary/aromatic N) is 3. The van der Waals surface area contributed by atoms with Gasteiger partial charge in [-0.2, -0.15) is 4.98 Å². The molecule has 3 aromatic rings. The van der Waals surface area contributed by atoms with Gasteiger partial charge in [-0.3, -0.25) is 0 Å². The molecule has 2 N–H and O–H groups in total. The number of benzene rings is 2. The van der Waals surface area contributed by atoms with Crippen molar-refractivity contribution in [3.8, 4) is 5.75 Å². The SMILES string of the molecule is COc1c(Nc2ncc(F)c(Nc3ccccc3P(C)C)n2)cc(F)cc1N1CC2(C1)CC2(F)F. The van der Waals surface area contributed by atoms with Gasteiger partial charge in [0.05, 0.1) is 30.1 Å². The van der Waals surface area contributed by atoms with Crippen molar-refractivity contribution in [2.45, 2.75) is 12.3 Å². The Balaban J connectivity index is 1.41. The van der Waals surface area contributed by atoms with Crippen LogP contribution in [-0.2, 0) is 0 Å². The maximum Gasteiger partial charge on any atom is 0.258 e. The lowest BCUT2D eigenvalue weighted by Gasteiger charge is -2.42. The van der Waals surface area contributed by atoms with Gasteiger partial charge < -0.3 is 20.3 Å². The molecule has 2 aromatic carbocycles. The maximum atomic E-state index is 14.5. The Morgan fingerprint density at radius 1 is 1.06 bits per heavy atom. The summed E-state index contributed by atoms with van der Waals surface area (Å²) in [6.45, 7) is 4.43. The van der Waals surface area contributed by atoms with Crippen LogP contribution in [0.1, 0.15) is 6.42 Å². The summed E-state index contributed by atoms with van der Waals surface area (Å²) in [5.74, 6) is -3.66. The predicted molar refractivity (Wildman–Crippen MR) is 131 cm³/mol. The van der Waals surface area contributed by atoms with E-state index in [0.29, 0.717) is 5.69 Å². The van der Waals surface area contributed by atoms with Crippen molar-refractivity contribution in [1.29, 1.82) is 0 Å². The summed E-state index contributed by atoms with van der Waals surface area (Å²) in [6.07, 6.45) is 0.863. The molecule has 184 valence electrons. The summed E-state index contributed by atoms with van der Waals surface area (Å²) in [4.78, 5) is 9.88. The summed E-state index contributed by atoms with van der Waals surface area (Å²) in [6, 6.07) is 10.0. The second-order valence-corrected chi connectivity index (χ2v) is 11.3. The van der Waals surface area contributed by atoms with Crippen LogP contribution >= 0.6 is 7.92 Å². The number of nitrogens with one attached hydrogen (secondary N) is 2. The average molecular weight is 505 g/mol. The number of rotatable bonds is 7. The number of alkyl halides is 2. The number of halogens is 4. The molecule has 0 atom stereocenters. The number of ether oxygens (including phenoxy) is 1. The van der Waals surface area contributed by atoms with Gasteiger partial charge in [-0.25, -0.2) is 22.5 Å². The van der Waals surface area contributed by atoms with E-state index in [-0.39, 0.29) is 42.7 Å². The van der Waals surface area contributed by atoms with Crippen molar-refractivity contribution in [2.75, 3.05) is 49.1 Å². The third-order valence-electron chi connectivity index (χ3n) is 6.41. The highest BCUT2D eigenvalue weighted by atomic mass is 31.1. The lowest BCUT2D eigenvalue weighted by Crippen LogP contribution is -2.51. The Labute approximate surface area is 201 Å². The first-order chi connectivity index (χ1) is 16.6. The van der Waals surface area contributed by atoms with E-state index in [1.807, 2.05) is 24.3 Å². The van der Waals surface area contributed by atoms with E-state index in [1.165, 1.54) is 19.2 Å². The minimum absolute atomic E-state index is 0.0188. The van der Waals surface area contributed by atoms with Gasteiger partial charge in [0.2, 0.25) is 5.95 Å². The van der Waals surface area contributed by atoms with Crippen molar-refractivity contribution in [3.63, 3.8) is 0 Å². The lowest BCUT2D eigenvalue weighted by atomic mass is 9.94. The van der Waals surface area contributed by atoms with E-state index in [1.54, 1.807) is 4.90 Å². The van der Waals surface area contributed by atoms with Crippen LogP contribution in [0.2, 0.25) is 0 Å². The molecule has 0 unspecified atom stereocenters. The number of anilines is 5. The molecular weight excluding hydrogens is 481 g/mol. The molecule has 11 heteroatoms. The first-order valence-corrected chi connectivity index (χ1v) is 13.2. The molecule has 1 spiro atoms. The molecule has 0 radical (unpaired) electrons. The minimum atomic E-state index is -2.67. The molecule has 2 aliphatic rings. The Bertz CT molecular complexity index is 1280. The smallest absolute Gasteiger partial charge is 0.258 e. The summed E-state index contributed by atoms with van der Waals surface area (Å²) in [5, 5.41) is 6.97. The van der Waals surface area contributed by atoms with Gasteiger partial charge in [0.15, 0.2) is 17.4 Å². The summed E-state index contributed by atoms with van der Waals surface area (Å²) < 4.78 is 61.8. The Kier molecular flexibility index (Phi) is 5.74. The van der Waals surface area contributed by atoms with Crippen LogP contribution in [-0.4, -0.2) is 49.4 Å². The third-order valence-corrected chi connectivity index (χ3v) is 7.76. The van der Waals surface area contributed by atoms with Crippen molar-refractivity contribution in [3.05, 3.63) is 54.2 Å². The van der Waals surface area contributed by atoms with E-state index in [9.17, 15) is 17.6 Å². The molecule has 6 nitrogen and oxygen atoms in total. The standard InChI is InChI=1S/C24H24F4N5OP/c1-34-20-17(8-14(25)9-18(20)33-12-23(13-33)11-24(23,27)28)31-22-29-10-15(26)21(32-22)30-16-6-4-5-7-19(16)35(2)3/h4-10H,11-13H2,1-3H3,(H2,29,30,31,32). The Morgan fingerprint density at radius 3 is 2.43 bits per heavy atom. The fourth-order valence-corrected chi connectivity index (χ4v) is 5.43. The van der Waals surface area contributed by atoms with Crippen LogP contribution in [0.25, 0.3) is 0 Å². The van der Waals surface area contributed by atoms with Crippen LogP contribution in [0.3, 0.4) is 0 Å². The molecule has 1 saturated carbocycles. The van der Waals surface area contributed by atoms with E-state index in [2.05, 4.69) is 33.9 Å². The monoisotopic (exact) mass is 505 g/mol. The second kappa shape index (κ2) is 8.52. The molecule has 2 heterocycles. The number of methoxy groups -OCH3 is 1. The molecule has 2 fully saturated rings. The normalized spacial score (nSPS) is 17.3. The van der Waals surface area contributed by atoms with Crippen molar-refractivity contribution in [2.24, 2.45) is 5.41 Å². The fourth-order valence-electron chi connectivity index (χ4n) is 4.43. The molecule has 35 heavy (non-hydrogen) atoms. The number of hydrogen-bond acceptors (Lipinski definition) is 6. The number of para-hydroxylation sites is 1. The van der Waals surface area contributed by atoms with Gasteiger partial charge in [0.1, 0.15) is 5.82 Å². The van der Waals surface area contributed by atoms with E-state index in [4.69, 9.17) is 4.74 Å². The number of aromatic nitrogens is 2. The van der Waals surface area contributed by atoms with Gasteiger partial charge in [-0.15, -0.1) is 0 Å². The van der Waals surface area contributed by atoms with Crippen molar-refractivity contribution in [1.82, 2.24) is 9.97 Å². The van der Waals surface area contributed by atoms with Crippen LogP contribution in [0.4, 0.5) is 46.4 Å². The van der Waals surface area contributed by atoms with Crippen LogP contribution in [0, 0.1) is 17.0 Å². The lowest BCUT2D eigenvalue weighted by molar-refractivity contribution is 0.0519. The van der Waals surface area contributed by atoms with Crippen LogP contribution in [0.15, 0.2) is 42.6 Å². The third kappa shape index (κ3) is 4.24. The molecule has 1 aliphatic carbocycles. The highest BCUT2D eigenvalue weighted by Crippen LogP contribution is 2.66. The van der Waals surface area contributed by atoms with Crippen LogP contribution in [0.5, 0.6) is 5.75 Å². The minimum Gasteiger partial charge on any atom is -0.492 e. The summed E-state index contributed by atoms with van der Waals surface area (Å²) in [5.41, 5.74) is 0.277. The number of hydrogen-bond donors (Lipinski definition) is 2. The molecule has 0 amide bonds. The highest BCUT2D eigenvalue weighted by Gasteiger charge is 2.76. The fraction of sp³-hybridized carbons (Fsp3) is 0.333. The van der Waals surface area contributed by atoms with E-state index >= 15 is 0 Å². The zero-order valence-corrected chi connectivity index (χ0v) is 20.3. The predicted octanol–water partition coefficient (Wildman–Crippen LogP) is 5.46. The van der Waals surface area contributed by atoms with Crippen LogP contribution < -0.4 is 25.6 Å². The molecule has 1 aromatic heterocycles. The van der Waals surface area contributed by atoms with Crippen molar-refractivity contribution < 1.29 is 22.3 Å². The quantitative estimate of drug-likeness (QED) is 0.329. The Morgan fingerprint density at radius 2 is 1.77 bits per heavy atom. The summed E-state index contributed by atoms with van der Waals surface area (Å²) >= 11 is 0. The zero-order valence-electron chi connectivity index (χ0n) is 19.4. The van der Waals surface area contributed by atoms with E-state index in [0.717, 1.165) is 17.2 Å². The highest BCUT2D eigenvalue weighted by molar-refractivity contribution is 7.64. The summed E-state index contributed by atoms with van der Waals surface area (Å²) in [7, 11) is 0.961. The molecule has 5 rings (SSSR count). The van der Waals surface area contributed by atoms with Gasteiger partial charge in [-0.1, -0.05) is 26.1 Å². The Hall–Kier alpha value is -3.13. The molecular formula is C24H24F4N5OP. The van der Waals surface area contributed by atoms with E-state index < -0.39 is 30.9 Å². The molecule has 1 aliphatic heterocycles. The van der Waals surface area contributed by atoms with Gasteiger partial charge in [0.25, 0.3) is 5.92 Å².